The number of nitrogens with zero attached hydrogens (tertiary/aromatic N) is 2. The number of hydrogen-bond acceptors (Lipinski definition) is 2. The second-order valence-electron chi connectivity index (χ2n) is 4.72. The molecule has 88 valence electrons. The van der Waals surface area contributed by atoms with Gasteiger partial charge in [-0.15, -0.1) is 0 Å². The van der Waals surface area contributed by atoms with Crippen LogP contribution >= 0.6 is 11.6 Å². The van der Waals surface area contributed by atoms with Crippen molar-refractivity contribution in [3.8, 4) is 0 Å². The topological polar surface area (TPSA) is 6.48 Å². The monoisotopic (exact) mass is 238 g/mol. The van der Waals surface area contributed by atoms with E-state index in [4.69, 9.17) is 11.6 Å². The molecule has 0 fully saturated rings. The highest BCUT2D eigenvalue weighted by Crippen LogP contribution is 2.39. The van der Waals surface area contributed by atoms with Crippen LogP contribution in [0.5, 0.6) is 0 Å². The van der Waals surface area contributed by atoms with Gasteiger partial charge in [-0.05, 0) is 38.6 Å². The van der Waals surface area contributed by atoms with Crippen LogP contribution in [0.15, 0.2) is 18.2 Å². The first-order valence-corrected chi connectivity index (χ1v) is 6.15. The lowest BCUT2D eigenvalue weighted by Gasteiger charge is -2.26. The number of hydrogen-bond donors (Lipinski definition) is 0. The van der Waals surface area contributed by atoms with Gasteiger partial charge in [0.15, 0.2) is 0 Å². The molecule has 1 aromatic rings. The van der Waals surface area contributed by atoms with Gasteiger partial charge in [0, 0.05) is 19.6 Å². The van der Waals surface area contributed by atoms with E-state index in [-0.39, 0.29) is 0 Å². The zero-order valence-electron chi connectivity index (χ0n) is 10.2. The van der Waals surface area contributed by atoms with Crippen LogP contribution in [0, 0.1) is 0 Å². The molecular formula is C13H19ClN2. The van der Waals surface area contributed by atoms with E-state index in [1.54, 1.807) is 0 Å². The SMILES string of the molecule is CN1CCCC(N(C)C)c2cccc(Cl)c21. The van der Waals surface area contributed by atoms with Gasteiger partial charge in [0.2, 0.25) is 0 Å². The number of para-hydroxylation sites is 1. The molecule has 1 aromatic carbocycles. The predicted molar refractivity (Wildman–Crippen MR) is 70.4 cm³/mol. The summed E-state index contributed by atoms with van der Waals surface area (Å²) in [4.78, 5) is 4.56. The molecule has 16 heavy (non-hydrogen) atoms. The van der Waals surface area contributed by atoms with Gasteiger partial charge in [0.05, 0.1) is 10.7 Å². The van der Waals surface area contributed by atoms with Crippen molar-refractivity contribution < 1.29 is 0 Å². The van der Waals surface area contributed by atoms with Gasteiger partial charge in [-0.3, -0.25) is 0 Å². The number of anilines is 1. The van der Waals surface area contributed by atoms with Crippen LogP contribution in [-0.4, -0.2) is 32.6 Å². The van der Waals surface area contributed by atoms with Crippen LogP contribution in [0.25, 0.3) is 0 Å². The number of fused-ring (bicyclic) bond motifs is 1. The van der Waals surface area contributed by atoms with Gasteiger partial charge in [-0.1, -0.05) is 23.7 Å². The summed E-state index contributed by atoms with van der Waals surface area (Å²) in [6.07, 6.45) is 2.41. The summed E-state index contributed by atoms with van der Waals surface area (Å²) in [7, 11) is 6.41. The minimum atomic E-state index is 0.485. The third-order valence-corrected chi connectivity index (χ3v) is 3.66. The van der Waals surface area contributed by atoms with E-state index in [0.717, 1.165) is 11.6 Å². The van der Waals surface area contributed by atoms with Crippen LogP contribution in [0.4, 0.5) is 5.69 Å². The third-order valence-electron chi connectivity index (χ3n) is 3.35. The minimum Gasteiger partial charge on any atom is -0.373 e. The second-order valence-corrected chi connectivity index (χ2v) is 5.13. The lowest BCUT2D eigenvalue weighted by atomic mass is 10.0. The molecule has 0 saturated heterocycles. The van der Waals surface area contributed by atoms with Crippen molar-refractivity contribution in [3.05, 3.63) is 28.8 Å². The maximum atomic E-state index is 6.32. The molecule has 3 heteroatoms. The van der Waals surface area contributed by atoms with Crippen LogP contribution in [0.1, 0.15) is 24.4 Å². The summed E-state index contributed by atoms with van der Waals surface area (Å²) in [5, 5.41) is 0.869. The van der Waals surface area contributed by atoms with Crippen LogP contribution in [0.3, 0.4) is 0 Å². The van der Waals surface area contributed by atoms with Crippen LogP contribution in [-0.2, 0) is 0 Å². The normalized spacial score (nSPS) is 20.8. The molecule has 0 bridgehead atoms. The smallest absolute Gasteiger partial charge is 0.0642 e. The van der Waals surface area contributed by atoms with Crippen LogP contribution in [0.2, 0.25) is 5.02 Å². The van der Waals surface area contributed by atoms with E-state index in [0.29, 0.717) is 6.04 Å². The number of rotatable bonds is 1. The first-order valence-electron chi connectivity index (χ1n) is 5.77. The molecule has 1 aliphatic rings. The molecule has 0 aliphatic carbocycles. The Bertz CT molecular complexity index is 376. The van der Waals surface area contributed by atoms with Crippen molar-refractivity contribution in [2.45, 2.75) is 18.9 Å². The Morgan fingerprint density at radius 2 is 2.12 bits per heavy atom. The van der Waals surface area contributed by atoms with E-state index in [2.05, 4.69) is 43.1 Å². The molecule has 1 aliphatic heterocycles. The lowest BCUT2D eigenvalue weighted by Crippen LogP contribution is -2.20. The fourth-order valence-corrected chi connectivity index (χ4v) is 2.86. The standard InChI is InChI=1S/C13H19ClN2/c1-15(2)12-8-5-9-16(3)13-10(12)6-4-7-11(13)14/h4,6-7,12H,5,8-9H2,1-3H3. The quantitative estimate of drug-likeness (QED) is 0.742. The summed E-state index contributed by atoms with van der Waals surface area (Å²) < 4.78 is 0. The maximum Gasteiger partial charge on any atom is 0.0642 e. The molecular weight excluding hydrogens is 220 g/mol. The Kier molecular flexibility index (Phi) is 3.41. The summed E-state index contributed by atoms with van der Waals surface area (Å²) >= 11 is 6.32. The van der Waals surface area contributed by atoms with Gasteiger partial charge in [0.25, 0.3) is 0 Å². The third kappa shape index (κ3) is 2.04. The van der Waals surface area contributed by atoms with E-state index in [9.17, 15) is 0 Å². The van der Waals surface area contributed by atoms with Gasteiger partial charge in [-0.2, -0.15) is 0 Å². The lowest BCUT2D eigenvalue weighted by molar-refractivity contribution is 0.284. The first kappa shape index (κ1) is 11.7. The average Bonchev–Trinajstić information content (AvgIpc) is 2.39. The largest absolute Gasteiger partial charge is 0.373 e. The Hall–Kier alpha value is -0.730. The Morgan fingerprint density at radius 3 is 2.81 bits per heavy atom. The zero-order chi connectivity index (χ0) is 11.7. The average molecular weight is 239 g/mol. The Morgan fingerprint density at radius 1 is 1.38 bits per heavy atom. The van der Waals surface area contributed by atoms with Crippen molar-refractivity contribution in [1.29, 1.82) is 0 Å². The number of benzene rings is 1. The summed E-state index contributed by atoms with van der Waals surface area (Å²) in [5.41, 5.74) is 2.57. The van der Waals surface area contributed by atoms with Crippen LogP contribution < -0.4 is 4.90 Å². The zero-order valence-corrected chi connectivity index (χ0v) is 11.0. The van der Waals surface area contributed by atoms with Crippen molar-refractivity contribution in [1.82, 2.24) is 4.90 Å². The van der Waals surface area contributed by atoms with Crippen molar-refractivity contribution >= 4 is 17.3 Å². The molecule has 0 spiro atoms. The van der Waals surface area contributed by atoms with Gasteiger partial charge >= 0.3 is 0 Å². The highest BCUT2D eigenvalue weighted by molar-refractivity contribution is 6.33. The first-order chi connectivity index (χ1) is 7.61. The molecule has 2 rings (SSSR count). The molecule has 0 amide bonds. The highest BCUT2D eigenvalue weighted by Gasteiger charge is 2.24. The summed E-state index contributed by atoms with van der Waals surface area (Å²) in [5.74, 6) is 0. The predicted octanol–water partition coefficient (Wildman–Crippen LogP) is 3.17. The van der Waals surface area contributed by atoms with E-state index in [1.165, 1.54) is 24.1 Å². The summed E-state index contributed by atoms with van der Waals surface area (Å²) in [6, 6.07) is 6.72. The van der Waals surface area contributed by atoms with E-state index < -0.39 is 0 Å². The highest BCUT2D eigenvalue weighted by atomic mass is 35.5. The summed E-state index contributed by atoms with van der Waals surface area (Å²) in [6.45, 7) is 1.08. The Labute approximate surface area is 103 Å². The molecule has 1 atom stereocenters. The van der Waals surface area contributed by atoms with E-state index in [1.807, 2.05) is 6.07 Å². The van der Waals surface area contributed by atoms with Gasteiger partial charge < -0.3 is 9.80 Å². The molecule has 0 aromatic heterocycles. The van der Waals surface area contributed by atoms with Crippen molar-refractivity contribution in [3.63, 3.8) is 0 Å². The number of halogens is 1. The maximum absolute atomic E-state index is 6.32. The molecule has 0 radical (unpaired) electrons. The fourth-order valence-electron chi connectivity index (χ4n) is 2.53. The van der Waals surface area contributed by atoms with Gasteiger partial charge in [0.1, 0.15) is 0 Å². The molecule has 0 N–H and O–H groups in total. The van der Waals surface area contributed by atoms with Crippen molar-refractivity contribution in [2.24, 2.45) is 0 Å². The fraction of sp³-hybridized carbons (Fsp3) is 0.538. The Balaban J connectivity index is 2.52. The molecule has 1 heterocycles. The second kappa shape index (κ2) is 4.64. The van der Waals surface area contributed by atoms with Crippen molar-refractivity contribution in [2.75, 3.05) is 32.6 Å². The molecule has 2 nitrogen and oxygen atoms in total. The minimum absolute atomic E-state index is 0.485. The molecule has 0 saturated carbocycles. The molecule has 1 unspecified atom stereocenters. The van der Waals surface area contributed by atoms with E-state index >= 15 is 0 Å². The van der Waals surface area contributed by atoms with Gasteiger partial charge in [-0.25, -0.2) is 0 Å².